The number of halogens is 1. The van der Waals surface area contributed by atoms with Crippen LogP contribution in [0, 0.1) is 10.1 Å². The van der Waals surface area contributed by atoms with Gasteiger partial charge in [-0.1, -0.05) is 54.1 Å². The number of carbonyl (C=O) groups is 1. The van der Waals surface area contributed by atoms with Gasteiger partial charge in [-0.2, -0.15) is 0 Å². The lowest BCUT2D eigenvalue weighted by atomic mass is 10.1. The lowest BCUT2D eigenvalue weighted by molar-refractivity contribution is -0.384. The van der Waals surface area contributed by atoms with Gasteiger partial charge in [-0.05, 0) is 29.8 Å². The molecule has 0 heterocycles. The number of nitro benzene ring substituents is 1. The van der Waals surface area contributed by atoms with Crippen molar-refractivity contribution in [2.45, 2.75) is 6.04 Å². The summed E-state index contributed by atoms with van der Waals surface area (Å²) >= 11 is 5.85. The third-order valence-electron chi connectivity index (χ3n) is 4.21. The zero-order chi connectivity index (χ0) is 20.8. The molecule has 8 heteroatoms. The number of anilines is 2. The van der Waals surface area contributed by atoms with Gasteiger partial charge in [-0.15, -0.1) is 0 Å². The zero-order valence-corrected chi connectivity index (χ0v) is 16.2. The molecule has 0 unspecified atom stereocenters. The number of methoxy groups -OCH3 is 1. The van der Waals surface area contributed by atoms with Crippen molar-refractivity contribution in [3.05, 3.63) is 93.5 Å². The largest absolute Gasteiger partial charge is 0.495 e. The highest BCUT2D eigenvalue weighted by Gasteiger charge is 2.23. The highest BCUT2D eigenvalue weighted by Crippen LogP contribution is 2.30. The Morgan fingerprint density at radius 2 is 1.76 bits per heavy atom. The number of carbonyl (C=O) groups excluding carboxylic acids is 1. The molecule has 0 saturated carbocycles. The van der Waals surface area contributed by atoms with Gasteiger partial charge >= 0.3 is 0 Å². The maximum Gasteiger partial charge on any atom is 0.289 e. The van der Waals surface area contributed by atoms with Gasteiger partial charge in [0.05, 0.1) is 17.7 Å². The highest BCUT2D eigenvalue weighted by molar-refractivity contribution is 6.32. The lowest BCUT2D eigenvalue weighted by Gasteiger charge is -2.21. The van der Waals surface area contributed by atoms with Crippen molar-refractivity contribution in [1.29, 1.82) is 0 Å². The number of para-hydroxylation sites is 2. The van der Waals surface area contributed by atoms with Crippen LogP contribution in [0.5, 0.6) is 5.75 Å². The monoisotopic (exact) mass is 411 g/mol. The minimum Gasteiger partial charge on any atom is -0.495 e. The summed E-state index contributed by atoms with van der Waals surface area (Å²) in [7, 11) is 1.55. The minimum atomic E-state index is -0.762. The molecule has 3 aromatic carbocycles. The van der Waals surface area contributed by atoms with Crippen molar-refractivity contribution in [2.24, 2.45) is 0 Å². The Hall–Kier alpha value is -3.58. The number of nitro groups is 1. The number of hydrogen-bond acceptors (Lipinski definition) is 5. The van der Waals surface area contributed by atoms with Gasteiger partial charge in [-0.25, -0.2) is 0 Å². The molecule has 0 aliphatic heterocycles. The first-order valence-corrected chi connectivity index (χ1v) is 9.06. The summed E-state index contributed by atoms with van der Waals surface area (Å²) in [6, 6.07) is 19.7. The molecule has 148 valence electrons. The maximum atomic E-state index is 13.1. The van der Waals surface area contributed by atoms with Gasteiger partial charge in [0.15, 0.2) is 0 Å². The SMILES string of the molecule is COc1ccccc1N[C@@H](C(=O)Nc1ccc(Cl)c([N+](=O)[O-])c1)c1ccccc1. The second-order valence-corrected chi connectivity index (χ2v) is 6.51. The van der Waals surface area contributed by atoms with Crippen molar-refractivity contribution in [3.63, 3.8) is 0 Å². The molecule has 29 heavy (non-hydrogen) atoms. The quantitative estimate of drug-likeness (QED) is 0.419. The predicted octanol–water partition coefficient (Wildman–Crippen LogP) is 5.05. The van der Waals surface area contributed by atoms with E-state index < -0.39 is 16.9 Å². The summed E-state index contributed by atoms with van der Waals surface area (Å²) in [6.07, 6.45) is 0. The van der Waals surface area contributed by atoms with Gasteiger partial charge < -0.3 is 15.4 Å². The Morgan fingerprint density at radius 3 is 2.45 bits per heavy atom. The smallest absolute Gasteiger partial charge is 0.289 e. The van der Waals surface area contributed by atoms with Gasteiger partial charge in [-0.3, -0.25) is 14.9 Å². The van der Waals surface area contributed by atoms with Gasteiger partial charge in [0.2, 0.25) is 0 Å². The van der Waals surface area contributed by atoms with E-state index in [1.807, 2.05) is 42.5 Å². The van der Waals surface area contributed by atoms with Crippen molar-refractivity contribution in [3.8, 4) is 5.75 Å². The number of nitrogens with zero attached hydrogens (tertiary/aromatic N) is 1. The lowest BCUT2D eigenvalue weighted by Crippen LogP contribution is -2.27. The van der Waals surface area contributed by atoms with E-state index in [0.717, 1.165) is 5.56 Å². The summed E-state index contributed by atoms with van der Waals surface area (Å²) in [5.74, 6) is 0.196. The molecule has 2 N–H and O–H groups in total. The van der Waals surface area contributed by atoms with E-state index in [0.29, 0.717) is 11.4 Å². The predicted molar refractivity (Wildman–Crippen MR) is 113 cm³/mol. The molecule has 1 atom stereocenters. The average Bonchev–Trinajstić information content (AvgIpc) is 2.74. The fourth-order valence-corrected chi connectivity index (χ4v) is 3.00. The van der Waals surface area contributed by atoms with Crippen molar-refractivity contribution in [1.82, 2.24) is 0 Å². The highest BCUT2D eigenvalue weighted by atomic mass is 35.5. The molecule has 0 radical (unpaired) electrons. The Morgan fingerprint density at radius 1 is 1.07 bits per heavy atom. The van der Waals surface area contributed by atoms with E-state index in [9.17, 15) is 14.9 Å². The molecule has 1 amide bonds. The summed E-state index contributed by atoms with van der Waals surface area (Å²) in [5.41, 5.74) is 1.35. The van der Waals surface area contributed by atoms with E-state index in [1.54, 1.807) is 19.2 Å². The second-order valence-electron chi connectivity index (χ2n) is 6.10. The number of ether oxygens (including phenoxy) is 1. The van der Waals surface area contributed by atoms with Crippen LogP contribution in [0.25, 0.3) is 0 Å². The number of hydrogen-bond donors (Lipinski definition) is 2. The van der Waals surface area contributed by atoms with Crippen molar-refractivity contribution >= 4 is 34.6 Å². The second kappa shape index (κ2) is 9.07. The summed E-state index contributed by atoms with van der Waals surface area (Å²) < 4.78 is 5.35. The first-order chi connectivity index (χ1) is 14.0. The molecule has 0 spiro atoms. The van der Waals surface area contributed by atoms with Crippen LogP contribution in [0.3, 0.4) is 0 Å². The molecule has 3 rings (SSSR count). The fourth-order valence-electron chi connectivity index (χ4n) is 2.81. The van der Waals surface area contributed by atoms with Crippen LogP contribution in [0.1, 0.15) is 11.6 Å². The van der Waals surface area contributed by atoms with Gasteiger partial charge in [0, 0.05) is 11.8 Å². The van der Waals surface area contributed by atoms with Crippen LogP contribution in [0.4, 0.5) is 17.1 Å². The molecular weight excluding hydrogens is 394 g/mol. The van der Waals surface area contributed by atoms with Gasteiger partial charge in [0.25, 0.3) is 11.6 Å². The Bertz CT molecular complexity index is 1030. The van der Waals surface area contributed by atoms with Crippen molar-refractivity contribution < 1.29 is 14.5 Å². The normalized spacial score (nSPS) is 11.4. The Labute approximate surface area is 172 Å². The summed E-state index contributed by atoms with van der Waals surface area (Å²) in [5, 5.41) is 17.0. The molecular formula is C21H18ClN3O4. The number of amides is 1. The number of rotatable bonds is 7. The Balaban J connectivity index is 1.91. The van der Waals surface area contributed by atoms with E-state index in [2.05, 4.69) is 10.6 Å². The van der Waals surface area contributed by atoms with Crippen LogP contribution in [-0.2, 0) is 4.79 Å². The van der Waals surface area contributed by atoms with Crippen molar-refractivity contribution in [2.75, 3.05) is 17.7 Å². The maximum absolute atomic E-state index is 13.1. The van der Waals surface area contributed by atoms with E-state index >= 15 is 0 Å². The molecule has 0 bridgehead atoms. The molecule has 0 fully saturated rings. The van der Waals surface area contributed by atoms with E-state index in [4.69, 9.17) is 16.3 Å². The molecule has 0 aliphatic rings. The Kier molecular flexibility index (Phi) is 6.31. The molecule has 0 aromatic heterocycles. The van der Waals surface area contributed by atoms with Crippen LogP contribution >= 0.6 is 11.6 Å². The first-order valence-electron chi connectivity index (χ1n) is 8.69. The van der Waals surface area contributed by atoms with Crippen LogP contribution in [0.2, 0.25) is 5.02 Å². The van der Waals surface area contributed by atoms with Crippen LogP contribution < -0.4 is 15.4 Å². The standard InChI is InChI=1S/C21H18ClN3O4/c1-29-19-10-6-5-9-17(19)24-20(14-7-3-2-4-8-14)21(26)23-15-11-12-16(22)18(13-15)25(27)28/h2-13,20,24H,1H3,(H,23,26)/t20-/m1/s1. The molecule has 3 aromatic rings. The van der Waals surface area contributed by atoms with Gasteiger partial charge in [0.1, 0.15) is 16.8 Å². The van der Waals surface area contributed by atoms with E-state index in [-0.39, 0.29) is 16.4 Å². The molecule has 0 saturated heterocycles. The molecule has 7 nitrogen and oxygen atoms in total. The summed E-state index contributed by atoms with van der Waals surface area (Å²) in [6.45, 7) is 0. The third kappa shape index (κ3) is 4.83. The topological polar surface area (TPSA) is 93.5 Å². The average molecular weight is 412 g/mol. The summed E-state index contributed by atoms with van der Waals surface area (Å²) in [4.78, 5) is 23.6. The number of nitrogens with one attached hydrogen (secondary N) is 2. The minimum absolute atomic E-state index is 0.000227. The molecule has 0 aliphatic carbocycles. The first kappa shape index (κ1) is 20.2. The fraction of sp³-hybridized carbons (Fsp3) is 0.0952. The van der Waals surface area contributed by atoms with Crippen LogP contribution in [-0.4, -0.2) is 17.9 Å². The third-order valence-corrected chi connectivity index (χ3v) is 4.53. The van der Waals surface area contributed by atoms with Crippen LogP contribution in [0.15, 0.2) is 72.8 Å². The number of benzene rings is 3. The van der Waals surface area contributed by atoms with E-state index in [1.165, 1.54) is 18.2 Å². The zero-order valence-electron chi connectivity index (χ0n) is 15.5.